The fourth-order valence-electron chi connectivity index (χ4n) is 1.98. The van der Waals surface area contributed by atoms with E-state index >= 15 is 0 Å². The second-order valence-corrected chi connectivity index (χ2v) is 3.84. The van der Waals surface area contributed by atoms with Crippen molar-refractivity contribution >= 4 is 0 Å². The standard InChI is InChI=1S/C11H14O2/c12-8-11(5-2-6-11)9-3-1-4-10(13)7-9/h1,3-4,7,12-13H,2,5-6,8H2. The lowest BCUT2D eigenvalue weighted by atomic mass is 9.65. The Hall–Kier alpha value is -1.02. The Bertz CT molecular complexity index is 297. The molecule has 1 aromatic carbocycles. The van der Waals surface area contributed by atoms with Crippen LogP contribution in [-0.4, -0.2) is 16.8 Å². The number of hydrogen-bond acceptors (Lipinski definition) is 2. The van der Waals surface area contributed by atoms with Crippen molar-refractivity contribution in [1.29, 1.82) is 0 Å². The first kappa shape index (κ1) is 8.57. The summed E-state index contributed by atoms with van der Waals surface area (Å²) in [6.07, 6.45) is 3.25. The number of rotatable bonds is 2. The van der Waals surface area contributed by atoms with Crippen LogP contribution in [-0.2, 0) is 5.41 Å². The van der Waals surface area contributed by atoms with Crippen LogP contribution in [0.15, 0.2) is 24.3 Å². The van der Waals surface area contributed by atoms with Gasteiger partial charge in [0.05, 0.1) is 6.61 Å². The van der Waals surface area contributed by atoms with E-state index in [0.29, 0.717) is 0 Å². The molecule has 0 bridgehead atoms. The molecule has 2 nitrogen and oxygen atoms in total. The number of aliphatic hydroxyl groups is 1. The smallest absolute Gasteiger partial charge is 0.115 e. The van der Waals surface area contributed by atoms with E-state index in [4.69, 9.17) is 0 Å². The van der Waals surface area contributed by atoms with Gasteiger partial charge in [0.1, 0.15) is 5.75 Å². The first-order valence-electron chi connectivity index (χ1n) is 4.67. The Kier molecular flexibility index (Phi) is 2.00. The zero-order valence-electron chi connectivity index (χ0n) is 7.53. The summed E-state index contributed by atoms with van der Waals surface area (Å²) in [7, 11) is 0. The van der Waals surface area contributed by atoms with Gasteiger partial charge in [-0.3, -0.25) is 0 Å². The molecular weight excluding hydrogens is 164 g/mol. The van der Waals surface area contributed by atoms with Crippen LogP contribution in [0.2, 0.25) is 0 Å². The van der Waals surface area contributed by atoms with E-state index in [-0.39, 0.29) is 17.8 Å². The summed E-state index contributed by atoms with van der Waals surface area (Å²) in [6, 6.07) is 7.23. The third kappa shape index (κ3) is 1.31. The van der Waals surface area contributed by atoms with Crippen LogP contribution in [0.3, 0.4) is 0 Å². The molecule has 2 rings (SSSR count). The van der Waals surface area contributed by atoms with Gasteiger partial charge < -0.3 is 10.2 Å². The van der Waals surface area contributed by atoms with Crippen molar-refractivity contribution < 1.29 is 10.2 Å². The minimum atomic E-state index is -0.0568. The Labute approximate surface area is 77.8 Å². The highest BCUT2D eigenvalue weighted by atomic mass is 16.3. The van der Waals surface area contributed by atoms with Gasteiger partial charge in [-0.25, -0.2) is 0 Å². The Balaban J connectivity index is 2.33. The minimum absolute atomic E-state index is 0.0568. The summed E-state index contributed by atoms with van der Waals surface area (Å²) in [5.41, 5.74) is 1.01. The number of hydrogen-bond donors (Lipinski definition) is 2. The highest BCUT2D eigenvalue weighted by Gasteiger charge is 2.37. The molecule has 0 aromatic heterocycles. The Morgan fingerprint density at radius 1 is 1.31 bits per heavy atom. The second-order valence-electron chi connectivity index (χ2n) is 3.84. The predicted octanol–water partition coefficient (Wildman–Crippen LogP) is 1.81. The number of aliphatic hydroxyl groups excluding tert-OH is 1. The molecule has 2 N–H and O–H groups in total. The van der Waals surface area contributed by atoms with Crippen molar-refractivity contribution in [3.05, 3.63) is 29.8 Å². The Morgan fingerprint density at radius 3 is 2.54 bits per heavy atom. The van der Waals surface area contributed by atoms with Gasteiger partial charge in [-0.1, -0.05) is 18.6 Å². The topological polar surface area (TPSA) is 40.5 Å². The lowest BCUT2D eigenvalue weighted by molar-refractivity contribution is 0.120. The number of phenols is 1. The molecule has 13 heavy (non-hydrogen) atoms. The van der Waals surface area contributed by atoms with Crippen molar-refractivity contribution in [3.63, 3.8) is 0 Å². The van der Waals surface area contributed by atoms with E-state index < -0.39 is 0 Å². The zero-order chi connectivity index (χ0) is 9.31. The first-order valence-corrected chi connectivity index (χ1v) is 4.67. The molecule has 1 fully saturated rings. The molecule has 0 unspecified atom stereocenters. The Morgan fingerprint density at radius 2 is 2.08 bits per heavy atom. The van der Waals surface area contributed by atoms with E-state index in [2.05, 4.69) is 0 Å². The van der Waals surface area contributed by atoms with Gasteiger partial charge in [-0.05, 0) is 30.5 Å². The lowest BCUT2D eigenvalue weighted by Crippen LogP contribution is -2.37. The number of phenolic OH excluding ortho intramolecular Hbond substituents is 1. The van der Waals surface area contributed by atoms with Crippen molar-refractivity contribution in [2.45, 2.75) is 24.7 Å². The van der Waals surface area contributed by atoms with Crippen molar-refractivity contribution in [1.82, 2.24) is 0 Å². The summed E-state index contributed by atoms with van der Waals surface area (Å²) in [4.78, 5) is 0. The number of aromatic hydroxyl groups is 1. The summed E-state index contributed by atoms with van der Waals surface area (Å²) in [5, 5.41) is 18.6. The largest absolute Gasteiger partial charge is 0.508 e. The third-order valence-electron chi connectivity index (χ3n) is 3.07. The minimum Gasteiger partial charge on any atom is -0.508 e. The molecular formula is C11H14O2. The van der Waals surface area contributed by atoms with Gasteiger partial charge in [-0.2, -0.15) is 0 Å². The summed E-state index contributed by atoms with van der Waals surface area (Å²) in [5.74, 6) is 0.289. The highest BCUT2D eigenvalue weighted by Crippen LogP contribution is 2.43. The maximum absolute atomic E-state index is 9.31. The van der Waals surface area contributed by atoms with Gasteiger partial charge in [0.2, 0.25) is 0 Å². The van der Waals surface area contributed by atoms with Crippen LogP contribution >= 0.6 is 0 Å². The summed E-state index contributed by atoms with van der Waals surface area (Å²) >= 11 is 0. The molecule has 0 heterocycles. The average Bonchev–Trinajstić information content (AvgIpc) is 2.03. The molecule has 0 atom stereocenters. The van der Waals surface area contributed by atoms with Crippen LogP contribution in [0.25, 0.3) is 0 Å². The quantitative estimate of drug-likeness (QED) is 0.725. The molecule has 1 aliphatic rings. The van der Waals surface area contributed by atoms with Crippen LogP contribution in [0.1, 0.15) is 24.8 Å². The van der Waals surface area contributed by atoms with Gasteiger partial charge in [0.15, 0.2) is 0 Å². The normalized spacial score (nSPS) is 19.5. The van der Waals surface area contributed by atoms with Crippen LogP contribution in [0, 0.1) is 0 Å². The summed E-state index contributed by atoms with van der Waals surface area (Å²) in [6.45, 7) is 0.191. The molecule has 0 radical (unpaired) electrons. The van der Waals surface area contributed by atoms with Crippen molar-refractivity contribution in [2.24, 2.45) is 0 Å². The molecule has 2 heteroatoms. The number of benzene rings is 1. The van der Waals surface area contributed by atoms with E-state index in [0.717, 1.165) is 18.4 Å². The molecule has 0 amide bonds. The van der Waals surface area contributed by atoms with Gasteiger partial charge in [0.25, 0.3) is 0 Å². The fraction of sp³-hybridized carbons (Fsp3) is 0.455. The SMILES string of the molecule is OCC1(c2cccc(O)c2)CCC1. The molecule has 0 spiro atoms. The van der Waals surface area contributed by atoms with Crippen LogP contribution in [0.5, 0.6) is 5.75 Å². The van der Waals surface area contributed by atoms with E-state index in [1.54, 1.807) is 12.1 Å². The molecule has 0 saturated heterocycles. The van der Waals surface area contributed by atoms with Crippen molar-refractivity contribution in [2.75, 3.05) is 6.61 Å². The van der Waals surface area contributed by atoms with Gasteiger partial charge >= 0.3 is 0 Å². The third-order valence-corrected chi connectivity index (χ3v) is 3.07. The monoisotopic (exact) mass is 178 g/mol. The second kappa shape index (κ2) is 3.04. The van der Waals surface area contributed by atoms with Crippen LogP contribution < -0.4 is 0 Å². The maximum Gasteiger partial charge on any atom is 0.115 e. The van der Waals surface area contributed by atoms with Gasteiger partial charge in [0, 0.05) is 5.41 Å². The van der Waals surface area contributed by atoms with E-state index in [9.17, 15) is 10.2 Å². The predicted molar refractivity (Wildman–Crippen MR) is 50.7 cm³/mol. The lowest BCUT2D eigenvalue weighted by Gasteiger charge is -2.40. The van der Waals surface area contributed by atoms with E-state index in [1.807, 2.05) is 12.1 Å². The first-order chi connectivity index (χ1) is 6.27. The summed E-state index contributed by atoms with van der Waals surface area (Å²) < 4.78 is 0. The molecule has 1 aliphatic carbocycles. The van der Waals surface area contributed by atoms with Crippen molar-refractivity contribution in [3.8, 4) is 5.75 Å². The fourth-order valence-corrected chi connectivity index (χ4v) is 1.98. The molecule has 1 saturated carbocycles. The van der Waals surface area contributed by atoms with E-state index in [1.165, 1.54) is 6.42 Å². The van der Waals surface area contributed by atoms with Crippen LogP contribution in [0.4, 0.5) is 0 Å². The molecule has 70 valence electrons. The highest BCUT2D eigenvalue weighted by molar-refractivity contribution is 5.34. The zero-order valence-corrected chi connectivity index (χ0v) is 7.53. The van der Waals surface area contributed by atoms with Gasteiger partial charge in [-0.15, -0.1) is 0 Å². The average molecular weight is 178 g/mol. The maximum atomic E-state index is 9.31. The molecule has 1 aromatic rings. The molecule has 0 aliphatic heterocycles.